The van der Waals surface area contributed by atoms with Crippen molar-refractivity contribution in [2.24, 2.45) is 5.92 Å². The quantitative estimate of drug-likeness (QED) is 0.356. The van der Waals surface area contributed by atoms with Crippen LogP contribution in [0.2, 0.25) is 0 Å². The molecule has 0 spiro atoms. The van der Waals surface area contributed by atoms with Crippen LogP contribution in [0.25, 0.3) is 10.2 Å². The first-order chi connectivity index (χ1) is 16.5. The topological polar surface area (TPSA) is 76.9 Å². The molecule has 6 nitrogen and oxygen atoms in total. The van der Waals surface area contributed by atoms with Crippen LogP contribution in [0.5, 0.6) is 0 Å². The van der Waals surface area contributed by atoms with Crippen molar-refractivity contribution in [3.05, 3.63) is 50.9 Å². The van der Waals surface area contributed by atoms with Crippen molar-refractivity contribution in [2.45, 2.75) is 88.2 Å². The van der Waals surface area contributed by atoms with Crippen LogP contribution in [-0.2, 0) is 24.2 Å². The summed E-state index contributed by atoms with van der Waals surface area (Å²) in [5.41, 5.74) is 2.31. The predicted molar refractivity (Wildman–Crippen MR) is 139 cm³/mol. The largest absolute Gasteiger partial charge is 0.351 e. The Bertz CT molecular complexity index is 1230. The van der Waals surface area contributed by atoms with Crippen molar-refractivity contribution < 1.29 is 4.79 Å². The number of thioether (sulfide) groups is 1. The smallest absolute Gasteiger partial charge is 0.263 e. The molecule has 2 aliphatic carbocycles. The van der Waals surface area contributed by atoms with Crippen LogP contribution in [0.3, 0.4) is 0 Å². The summed E-state index contributed by atoms with van der Waals surface area (Å²) in [7, 11) is 0. The van der Waals surface area contributed by atoms with Crippen molar-refractivity contribution in [3.8, 4) is 0 Å². The van der Waals surface area contributed by atoms with E-state index in [1.54, 1.807) is 23.7 Å². The standard InChI is InChI=1S/C26H32N4O2S2/c1-16(2)22(23(31)28-15-17-8-7-13-27-14-17)34-26-29-24-21(19-11-5-6-12-20(19)33-24)25(32)30(26)18-9-3-4-10-18/h7-8,13-14,16,18,22H,3-6,9-12,15H2,1-2H3,(H,28,31). The van der Waals surface area contributed by atoms with E-state index >= 15 is 0 Å². The summed E-state index contributed by atoms with van der Waals surface area (Å²) >= 11 is 3.14. The molecule has 0 aromatic carbocycles. The summed E-state index contributed by atoms with van der Waals surface area (Å²) < 4.78 is 1.95. The van der Waals surface area contributed by atoms with Gasteiger partial charge in [-0.15, -0.1) is 11.3 Å². The van der Waals surface area contributed by atoms with Gasteiger partial charge in [0.2, 0.25) is 5.91 Å². The zero-order valence-electron chi connectivity index (χ0n) is 19.9. The number of amides is 1. The van der Waals surface area contributed by atoms with E-state index in [-0.39, 0.29) is 28.7 Å². The molecular formula is C26H32N4O2S2. The lowest BCUT2D eigenvalue weighted by atomic mass is 9.97. The third-order valence-electron chi connectivity index (χ3n) is 6.96. The van der Waals surface area contributed by atoms with Gasteiger partial charge in [-0.05, 0) is 61.6 Å². The third kappa shape index (κ3) is 4.67. The van der Waals surface area contributed by atoms with Crippen LogP contribution in [0.4, 0.5) is 0 Å². The Morgan fingerprint density at radius 3 is 2.76 bits per heavy atom. The fourth-order valence-corrected chi connectivity index (χ4v) is 7.65. The molecule has 0 bridgehead atoms. The van der Waals surface area contributed by atoms with E-state index in [4.69, 9.17) is 4.98 Å². The molecule has 1 fully saturated rings. The highest BCUT2D eigenvalue weighted by atomic mass is 32.2. The van der Waals surface area contributed by atoms with Gasteiger partial charge in [0, 0.05) is 29.9 Å². The van der Waals surface area contributed by atoms with E-state index in [0.29, 0.717) is 11.7 Å². The molecule has 8 heteroatoms. The van der Waals surface area contributed by atoms with Crippen molar-refractivity contribution >= 4 is 39.2 Å². The molecule has 3 aromatic heterocycles. The Balaban J connectivity index is 1.50. The number of hydrogen-bond donors (Lipinski definition) is 1. The number of pyridine rings is 1. The molecule has 0 saturated heterocycles. The first kappa shape index (κ1) is 23.5. The van der Waals surface area contributed by atoms with Gasteiger partial charge in [-0.1, -0.05) is 44.5 Å². The Kier molecular flexibility index (Phi) is 7.06. The molecule has 1 amide bonds. The number of aryl methyl sites for hydroxylation is 2. The molecule has 180 valence electrons. The van der Waals surface area contributed by atoms with Gasteiger partial charge >= 0.3 is 0 Å². The van der Waals surface area contributed by atoms with Crippen LogP contribution in [-0.4, -0.2) is 25.7 Å². The number of thiophene rings is 1. The molecule has 0 aliphatic heterocycles. The molecule has 34 heavy (non-hydrogen) atoms. The first-order valence-corrected chi connectivity index (χ1v) is 14.1. The lowest BCUT2D eigenvalue weighted by Gasteiger charge is -2.23. The van der Waals surface area contributed by atoms with Crippen molar-refractivity contribution in [1.29, 1.82) is 0 Å². The molecule has 5 rings (SSSR count). The summed E-state index contributed by atoms with van der Waals surface area (Å²) in [5.74, 6) is 0.0710. The number of nitrogens with zero attached hydrogens (tertiary/aromatic N) is 3. The van der Waals surface area contributed by atoms with E-state index in [1.165, 1.54) is 28.6 Å². The Morgan fingerprint density at radius 1 is 1.24 bits per heavy atom. The average molecular weight is 497 g/mol. The number of aromatic nitrogens is 3. The second-order valence-corrected chi connectivity index (χ2v) is 12.0. The second-order valence-electron chi connectivity index (χ2n) is 9.76. The van der Waals surface area contributed by atoms with E-state index in [0.717, 1.165) is 60.7 Å². The van der Waals surface area contributed by atoms with Gasteiger partial charge in [-0.2, -0.15) is 0 Å². The van der Waals surface area contributed by atoms with Crippen LogP contribution in [0.15, 0.2) is 34.5 Å². The lowest BCUT2D eigenvalue weighted by Crippen LogP contribution is -2.36. The highest BCUT2D eigenvalue weighted by molar-refractivity contribution is 8.00. The molecule has 1 unspecified atom stereocenters. The number of carbonyl (C=O) groups is 1. The van der Waals surface area contributed by atoms with Crippen LogP contribution in [0, 0.1) is 5.92 Å². The minimum absolute atomic E-state index is 0.0263. The maximum Gasteiger partial charge on any atom is 0.263 e. The maximum absolute atomic E-state index is 13.9. The monoisotopic (exact) mass is 496 g/mol. The van der Waals surface area contributed by atoms with E-state index in [2.05, 4.69) is 24.1 Å². The lowest BCUT2D eigenvalue weighted by molar-refractivity contribution is -0.121. The molecule has 1 saturated carbocycles. The minimum Gasteiger partial charge on any atom is -0.351 e. The zero-order valence-corrected chi connectivity index (χ0v) is 21.5. The van der Waals surface area contributed by atoms with E-state index < -0.39 is 0 Å². The summed E-state index contributed by atoms with van der Waals surface area (Å²) in [6, 6.07) is 4.00. The van der Waals surface area contributed by atoms with Gasteiger partial charge in [-0.25, -0.2) is 4.98 Å². The number of hydrogen-bond acceptors (Lipinski definition) is 6. The van der Waals surface area contributed by atoms with Gasteiger partial charge in [0.25, 0.3) is 5.56 Å². The van der Waals surface area contributed by atoms with Gasteiger partial charge in [0.1, 0.15) is 4.83 Å². The first-order valence-electron chi connectivity index (χ1n) is 12.4. The fraction of sp³-hybridized carbons (Fsp3) is 0.538. The predicted octanol–water partition coefficient (Wildman–Crippen LogP) is 5.28. The SMILES string of the molecule is CC(C)C(Sc1nc2sc3c(c2c(=O)n1C1CCCC1)CCCC3)C(=O)NCc1cccnc1. The number of nitrogens with one attached hydrogen (secondary N) is 1. The number of carbonyl (C=O) groups excluding carboxylic acids is 1. The second kappa shape index (κ2) is 10.2. The van der Waals surface area contributed by atoms with Crippen molar-refractivity contribution in [2.75, 3.05) is 0 Å². The van der Waals surface area contributed by atoms with Crippen molar-refractivity contribution in [3.63, 3.8) is 0 Å². The summed E-state index contributed by atoms with van der Waals surface area (Å²) in [6.07, 6.45) is 12.1. The molecule has 3 heterocycles. The normalized spacial score (nSPS) is 17.3. The Labute approximate surface area is 208 Å². The van der Waals surface area contributed by atoms with Gasteiger partial charge in [0.15, 0.2) is 5.16 Å². The summed E-state index contributed by atoms with van der Waals surface area (Å²) in [5, 5.41) is 4.29. The molecular weight excluding hydrogens is 464 g/mol. The van der Waals surface area contributed by atoms with E-state index in [1.807, 2.05) is 16.7 Å². The van der Waals surface area contributed by atoms with Crippen LogP contribution >= 0.6 is 23.1 Å². The third-order valence-corrected chi connectivity index (χ3v) is 9.66. The molecule has 0 radical (unpaired) electrons. The molecule has 3 aromatic rings. The van der Waals surface area contributed by atoms with Gasteiger partial charge in [-0.3, -0.25) is 19.1 Å². The van der Waals surface area contributed by atoms with E-state index in [9.17, 15) is 9.59 Å². The van der Waals surface area contributed by atoms with Crippen LogP contribution in [0.1, 0.15) is 74.4 Å². The summed E-state index contributed by atoms with van der Waals surface area (Å²) in [4.78, 5) is 38.5. The van der Waals surface area contributed by atoms with Crippen LogP contribution < -0.4 is 10.9 Å². The fourth-order valence-electron chi connectivity index (χ4n) is 5.16. The number of rotatable bonds is 7. The molecule has 1 N–H and O–H groups in total. The number of fused-ring (bicyclic) bond motifs is 3. The van der Waals surface area contributed by atoms with Gasteiger partial charge < -0.3 is 5.32 Å². The van der Waals surface area contributed by atoms with Gasteiger partial charge in [0.05, 0.1) is 10.6 Å². The minimum atomic E-state index is -0.330. The maximum atomic E-state index is 13.9. The highest BCUT2D eigenvalue weighted by Gasteiger charge is 2.31. The average Bonchev–Trinajstić information content (AvgIpc) is 3.49. The Morgan fingerprint density at radius 2 is 2.03 bits per heavy atom. The van der Waals surface area contributed by atoms with Crippen molar-refractivity contribution in [1.82, 2.24) is 19.9 Å². The molecule has 1 atom stereocenters. The zero-order chi connectivity index (χ0) is 23.7. The molecule has 2 aliphatic rings. The Hall–Kier alpha value is -2.19. The summed E-state index contributed by atoms with van der Waals surface area (Å²) in [6.45, 7) is 4.55. The highest BCUT2D eigenvalue weighted by Crippen LogP contribution is 2.38.